The Kier molecular flexibility index (Phi) is 4.72. The van der Waals surface area contributed by atoms with E-state index in [1.807, 2.05) is 58.0 Å². The van der Waals surface area contributed by atoms with Gasteiger partial charge in [0.2, 0.25) is 0 Å². The topological polar surface area (TPSA) is 69.2 Å². The molecule has 0 saturated carbocycles. The third-order valence-corrected chi connectivity index (χ3v) is 5.37. The number of hydrogen-bond donors (Lipinski definition) is 0. The Morgan fingerprint density at radius 1 is 1.10 bits per heavy atom. The van der Waals surface area contributed by atoms with Crippen molar-refractivity contribution in [3.05, 3.63) is 66.9 Å². The summed E-state index contributed by atoms with van der Waals surface area (Å²) in [6.07, 6.45) is 4.96. The minimum absolute atomic E-state index is 0.0251. The highest BCUT2D eigenvalue weighted by Crippen LogP contribution is 2.31. The summed E-state index contributed by atoms with van der Waals surface area (Å²) < 4.78 is 18.0. The number of methoxy groups -OCH3 is 1. The maximum absolute atomic E-state index is 13.3. The van der Waals surface area contributed by atoms with Crippen LogP contribution in [0.3, 0.4) is 0 Å². The molecular weight excluding hydrogens is 382 g/mol. The number of aromatic nitrogens is 2. The number of morpholine rings is 1. The fourth-order valence-electron chi connectivity index (χ4n) is 3.83. The quantitative estimate of drug-likeness (QED) is 0.519. The average Bonchev–Trinajstić information content (AvgIpc) is 3.46. The molecule has 4 heterocycles. The summed E-state index contributed by atoms with van der Waals surface area (Å²) in [5, 5.41) is 0. The third-order valence-electron chi connectivity index (χ3n) is 5.37. The summed E-state index contributed by atoms with van der Waals surface area (Å²) >= 11 is 0. The van der Waals surface area contributed by atoms with Crippen molar-refractivity contribution in [1.29, 1.82) is 0 Å². The molecule has 3 aromatic heterocycles. The predicted octanol–water partition coefficient (Wildman–Crippen LogP) is 3.74. The molecule has 1 fully saturated rings. The summed E-state index contributed by atoms with van der Waals surface area (Å²) in [5.74, 6) is 0.767. The van der Waals surface area contributed by atoms with Crippen molar-refractivity contribution in [2.45, 2.75) is 0 Å². The van der Waals surface area contributed by atoms with Crippen molar-refractivity contribution in [3.63, 3.8) is 0 Å². The molecule has 0 atom stereocenters. The molecule has 0 N–H and O–H groups in total. The van der Waals surface area contributed by atoms with Gasteiger partial charge >= 0.3 is 0 Å². The second-order valence-corrected chi connectivity index (χ2v) is 7.13. The van der Waals surface area contributed by atoms with E-state index in [0.29, 0.717) is 37.6 Å². The van der Waals surface area contributed by atoms with Gasteiger partial charge in [0.15, 0.2) is 6.39 Å². The van der Waals surface area contributed by atoms with Gasteiger partial charge in [-0.2, -0.15) is 0 Å². The molecule has 1 saturated heterocycles. The maximum atomic E-state index is 13.3. The molecule has 5 rings (SSSR count). The number of amides is 1. The molecule has 4 aromatic rings. The molecule has 0 bridgehead atoms. The van der Waals surface area contributed by atoms with Crippen molar-refractivity contribution < 1.29 is 18.7 Å². The zero-order valence-corrected chi connectivity index (χ0v) is 16.6. The number of benzene rings is 1. The highest BCUT2D eigenvalue weighted by molar-refractivity contribution is 6.02. The van der Waals surface area contributed by atoms with Gasteiger partial charge in [-0.05, 0) is 35.4 Å². The van der Waals surface area contributed by atoms with Crippen LogP contribution in [0, 0.1) is 0 Å². The summed E-state index contributed by atoms with van der Waals surface area (Å²) in [6, 6.07) is 13.9. The van der Waals surface area contributed by atoms with Gasteiger partial charge in [0.05, 0.1) is 31.6 Å². The highest BCUT2D eigenvalue weighted by Gasteiger charge is 2.25. The van der Waals surface area contributed by atoms with Crippen LogP contribution in [0.2, 0.25) is 0 Å². The molecule has 1 aliphatic heterocycles. The number of rotatable bonds is 4. The Balaban J connectivity index is 1.66. The van der Waals surface area contributed by atoms with Crippen LogP contribution in [-0.2, 0) is 4.74 Å². The molecule has 1 amide bonds. The monoisotopic (exact) mass is 403 g/mol. The molecule has 0 radical (unpaired) electrons. The van der Waals surface area contributed by atoms with Crippen molar-refractivity contribution in [2.75, 3.05) is 33.4 Å². The second kappa shape index (κ2) is 7.68. The summed E-state index contributed by atoms with van der Waals surface area (Å²) in [5.41, 5.74) is 4.89. The molecular formula is C23H21N3O4. The molecule has 152 valence electrons. The highest BCUT2D eigenvalue weighted by atomic mass is 16.5. The average molecular weight is 403 g/mol. The zero-order chi connectivity index (χ0) is 20.5. The van der Waals surface area contributed by atoms with Gasteiger partial charge in [-0.1, -0.05) is 18.2 Å². The van der Waals surface area contributed by atoms with E-state index in [1.165, 1.54) is 6.39 Å². The first-order chi connectivity index (χ1) is 14.7. The first-order valence-corrected chi connectivity index (χ1v) is 9.80. The number of fused-ring (bicyclic) bond motifs is 1. The van der Waals surface area contributed by atoms with Crippen LogP contribution < -0.4 is 4.74 Å². The lowest BCUT2D eigenvalue weighted by molar-refractivity contribution is 0.0303. The van der Waals surface area contributed by atoms with Gasteiger partial charge in [0.1, 0.15) is 17.7 Å². The lowest BCUT2D eigenvalue weighted by Crippen LogP contribution is -2.40. The minimum atomic E-state index is -0.0251. The van der Waals surface area contributed by atoms with Crippen molar-refractivity contribution in [1.82, 2.24) is 14.3 Å². The number of hydrogen-bond acceptors (Lipinski definition) is 5. The standard InChI is InChI=1S/C23H21N3O4/c1-28-19-4-2-3-16(11-19)17-5-6-18-12-20(23(27)25-7-9-29-10-8-25)22(26(18)13-17)21-14-30-15-24-21/h2-6,11-15H,7-10H2,1H3. The number of oxazole rings is 1. The Morgan fingerprint density at radius 2 is 1.97 bits per heavy atom. The van der Waals surface area contributed by atoms with Crippen LogP contribution in [0.5, 0.6) is 5.75 Å². The molecule has 7 nitrogen and oxygen atoms in total. The van der Waals surface area contributed by atoms with E-state index in [0.717, 1.165) is 28.1 Å². The third kappa shape index (κ3) is 3.23. The fraction of sp³-hybridized carbons (Fsp3) is 0.217. The number of ether oxygens (including phenoxy) is 2. The van der Waals surface area contributed by atoms with Crippen LogP contribution in [-0.4, -0.2) is 53.6 Å². The molecule has 30 heavy (non-hydrogen) atoms. The Hall–Kier alpha value is -3.58. The second-order valence-electron chi connectivity index (χ2n) is 7.13. The zero-order valence-electron chi connectivity index (χ0n) is 16.6. The van der Waals surface area contributed by atoms with Gasteiger partial charge < -0.3 is 23.2 Å². The van der Waals surface area contributed by atoms with E-state index < -0.39 is 0 Å². The van der Waals surface area contributed by atoms with E-state index in [9.17, 15) is 4.79 Å². The van der Waals surface area contributed by atoms with Gasteiger partial charge in [-0.25, -0.2) is 4.98 Å². The Morgan fingerprint density at radius 3 is 2.73 bits per heavy atom. The van der Waals surface area contributed by atoms with Crippen LogP contribution in [0.4, 0.5) is 0 Å². The van der Waals surface area contributed by atoms with Crippen LogP contribution in [0.1, 0.15) is 10.4 Å². The number of nitrogens with zero attached hydrogens (tertiary/aromatic N) is 3. The summed E-state index contributed by atoms with van der Waals surface area (Å²) in [7, 11) is 1.65. The van der Waals surface area contributed by atoms with Gasteiger partial charge in [0, 0.05) is 24.8 Å². The maximum Gasteiger partial charge on any atom is 0.256 e. The van der Waals surface area contributed by atoms with E-state index in [1.54, 1.807) is 13.4 Å². The van der Waals surface area contributed by atoms with E-state index >= 15 is 0 Å². The number of pyridine rings is 1. The molecule has 0 unspecified atom stereocenters. The van der Waals surface area contributed by atoms with Crippen molar-refractivity contribution >= 4 is 11.4 Å². The predicted molar refractivity (Wildman–Crippen MR) is 112 cm³/mol. The van der Waals surface area contributed by atoms with Crippen LogP contribution in [0.25, 0.3) is 28.0 Å². The van der Waals surface area contributed by atoms with E-state index in [4.69, 9.17) is 13.9 Å². The van der Waals surface area contributed by atoms with Crippen molar-refractivity contribution in [2.24, 2.45) is 0 Å². The molecule has 1 aliphatic rings. The SMILES string of the molecule is COc1cccc(-c2ccc3cc(C(=O)N4CCOCC4)c(-c4cocn4)n3c2)c1. The smallest absolute Gasteiger partial charge is 0.256 e. The van der Waals surface area contributed by atoms with Gasteiger partial charge in [0.25, 0.3) is 5.91 Å². The lowest BCUT2D eigenvalue weighted by Gasteiger charge is -2.26. The Bertz CT molecular complexity index is 1190. The molecule has 7 heteroatoms. The minimum Gasteiger partial charge on any atom is -0.497 e. The lowest BCUT2D eigenvalue weighted by atomic mass is 10.1. The number of carbonyl (C=O) groups is 1. The summed E-state index contributed by atoms with van der Waals surface area (Å²) in [6.45, 7) is 2.27. The largest absolute Gasteiger partial charge is 0.497 e. The normalized spacial score (nSPS) is 14.2. The van der Waals surface area contributed by atoms with Crippen LogP contribution in [0.15, 0.2) is 65.7 Å². The van der Waals surface area contributed by atoms with E-state index in [-0.39, 0.29) is 5.91 Å². The first kappa shape index (κ1) is 18.4. The molecule has 0 aliphatic carbocycles. The molecule has 0 spiro atoms. The Labute approximate surface area is 173 Å². The van der Waals surface area contributed by atoms with Gasteiger partial charge in [-0.3, -0.25) is 4.79 Å². The molecule has 1 aromatic carbocycles. The van der Waals surface area contributed by atoms with Crippen LogP contribution >= 0.6 is 0 Å². The van der Waals surface area contributed by atoms with Gasteiger partial charge in [-0.15, -0.1) is 0 Å². The van der Waals surface area contributed by atoms with E-state index in [2.05, 4.69) is 4.98 Å². The summed E-state index contributed by atoms with van der Waals surface area (Å²) in [4.78, 5) is 19.5. The van der Waals surface area contributed by atoms with Crippen molar-refractivity contribution in [3.8, 4) is 28.3 Å². The fourth-order valence-corrected chi connectivity index (χ4v) is 3.83. The first-order valence-electron chi connectivity index (χ1n) is 9.80. The number of carbonyl (C=O) groups excluding carboxylic acids is 1.